The Balaban J connectivity index is 1.44. The van der Waals surface area contributed by atoms with Crippen LogP contribution in [0.5, 0.6) is 0 Å². The van der Waals surface area contributed by atoms with Crippen molar-refractivity contribution in [3.8, 4) is 0 Å². The van der Waals surface area contributed by atoms with Crippen LogP contribution in [-0.4, -0.2) is 47.3 Å². The van der Waals surface area contributed by atoms with Gasteiger partial charge in [-0.15, -0.1) is 0 Å². The van der Waals surface area contributed by atoms with Crippen LogP contribution in [-0.2, 0) is 35.9 Å². The van der Waals surface area contributed by atoms with E-state index < -0.39 is 9.84 Å². The van der Waals surface area contributed by atoms with Gasteiger partial charge in [-0.2, -0.15) is 0 Å². The molecule has 0 amide bonds. The zero-order valence-corrected chi connectivity index (χ0v) is 20.2. The topological polar surface area (TPSA) is 84.2 Å². The standard InChI is InChI=1S/C24H23ClN6O2S/c1-34(32,33)24-27-20-14-29(21-7-3-5-16-4-2-6-19(25)22(16)21)9-8-18(20)23(28-24)30-10-11-31-15-26-12-17(31)13-30/h2-7,12,15H,8-11,13-14H2,1H3. The molecule has 34 heavy (non-hydrogen) atoms. The van der Waals surface area contributed by atoms with Crippen LogP contribution in [0.2, 0.25) is 5.02 Å². The molecule has 6 rings (SSSR count). The maximum atomic E-state index is 12.5. The van der Waals surface area contributed by atoms with Gasteiger partial charge in [0.2, 0.25) is 15.0 Å². The molecule has 2 aliphatic rings. The van der Waals surface area contributed by atoms with E-state index in [0.29, 0.717) is 30.4 Å². The predicted octanol–water partition coefficient (Wildman–Crippen LogP) is 3.47. The van der Waals surface area contributed by atoms with Crippen LogP contribution in [0.25, 0.3) is 10.8 Å². The van der Waals surface area contributed by atoms with E-state index in [1.54, 1.807) is 0 Å². The number of aromatic nitrogens is 4. The molecular formula is C24H23ClN6O2S. The first-order valence-corrected chi connectivity index (χ1v) is 13.4. The lowest BCUT2D eigenvalue weighted by atomic mass is 10.0. The molecule has 0 aliphatic carbocycles. The first-order valence-electron chi connectivity index (χ1n) is 11.1. The molecular weight excluding hydrogens is 472 g/mol. The third kappa shape index (κ3) is 3.59. The van der Waals surface area contributed by atoms with Gasteiger partial charge in [0.25, 0.3) is 0 Å². The summed E-state index contributed by atoms with van der Waals surface area (Å²) < 4.78 is 27.1. The van der Waals surface area contributed by atoms with Gasteiger partial charge >= 0.3 is 0 Å². The van der Waals surface area contributed by atoms with Crippen molar-refractivity contribution in [2.45, 2.75) is 31.2 Å². The molecule has 0 N–H and O–H groups in total. The molecule has 0 radical (unpaired) electrons. The van der Waals surface area contributed by atoms with Crippen molar-refractivity contribution in [3.63, 3.8) is 0 Å². The van der Waals surface area contributed by atoms with Crippen LogP contribution in [0.15, 0.2) is 54.1 Å². The minimum Gasteiger partial charge on any atom is -0.365 e. The zero-order chi connectivity index (χ0) is 23.4. The molecule has 8 nitrogen and oxygen atoms in total. The fraction of sp³-hybridized carbons (Fsp3) is 0.292. The summed E-state index contributed by atoms with van der Waals surface area (Å²) in [7, 11) is -3.58. The van der Waals surface area contributed by atoms with Gasteiger partial charge in [0.1, 0.15) is 5.82 Å². The third-order valence-corrected chi connectivity index (χ3v) is 7.75. The Hall–Kier alpha value is -3.17. The van der Waals surface area contributed by atoms with E-state index in [4.69, 9.17) is 11.6 Å². The molecule has 0 spiro atoms. The van der Waals surface area contributed by atoms with E-state index in [1.165, 1.54) is 0 Å². The van der Waals surface area contributed by atoms with Crippen LogP contribution in [0, 0.1) is 0 Å². The number of imidazole rings is 1. The summed E-state index contributed by atoms with van der Waals surface area (Å²) in [6, 6.07) is 12.0. The molecule has 0 unspecified atom stereocenters. The average Bonchev–Trinajstić information content (AvgIpc) is 3.30. The van der Waals surface area contributed by atoms with Crippen molar-refractivity contribution in [1.29, 1.82) is 0 Å². The Kier molecular flexibility index (Phi) is 5.00. The highest BCUT2D eigenvalue weighted by Gasteiger charge is 2.29. The zero-order valence-electron chi connectivity index (χ0n) is 18.6. The summed E-state index contributed by atoms with van der Waals surface area (Å²) in [6.07, 6.45) is 5.56. The van der Waals surface area contributed by atoms with E-state index in [1.807, 2.05) is 42.9 Å². The summed E-state index contributed by atoms with van der Waals surface area (Å²) in [4.78, 5) is 17.7. The smallest absolute Gasteiger partial charge is 0.249 e. The second-order valence-electron chi connectivity index (χ2n) is 8.81. The normalized spacial score (nSPS) is 15.9. The van der Waals surface area contributed by atoms with Crippen molar-refractivity contribution in [2.75, 3.05) is 29.1 Å². The van der Waals surface area contributed by atoms with E-state index >= 15 is 0 Å². The number of nitrogens with zero attached hydrogens (tertiary/aromatic N) is 6. The van der Waals surface area contributed by atoms with Crippen molar-refractivity contribution in [2.24, 2.45) is 0 Å². The number of benzene rings is 2. The summed E-state index contributed by atoms with van der Waals surface area (Å²) in [6.45, 7) is 3.40. The number of anilines is 2. The molecule has 2 aromatic heterocycles. The molecule has 10 heteroatoms. The van der Waals surface area contributed by atoms with Gasteiger partial charge in [-0.05, 0) is 23.9 Å². The molecule has 0 saturated carbocycles. The first-order chi connectivity index (χ1) is 16.4. The Morgan fingerprint density at radius 2 is 1.79 bits per heavy atom. The van der Waals surface area contributed by atoms with Crippen molar-refractivity contribution < 1.29 is 8.42 Å². The molecule has 4 aromatic rings. The van der Waals surface area contributed by atoms with E-state index in [0.717, 1.165) is 59.3 Å². The Morgan fingerprint density at radius 3 is 2.62 bits per heavy atom. The molecule has 2 aliphatic heterocycles. The van der Waals surface area contributed by atoms with Crippen LogP contribution in [0.4, 0.5) is 11.5 Å². The molecule has 0 atom stereocenters. The summed E-state index contributed by atoms with van der Waals surface area (Å²) in [5, 5.41) is 2.64. The van der Waals surface area contributed by atoms with Crippen molar-refractivity contribution in [3.05, 3.63) is 70.9 Å². The number of hydrogen-bond donors (Lipinski definition) is 0. The Morgan fingerprint density at radius 1 is 0.971 bits per heavy atom. The summed E-state index contributed by atoms with van der Waals surface area (Å²) >= 11 is 6.58. The molecule has 0 fully saturated rings. The minimum atomic E-state index is -3.58. The monoisotopic (exact) mass is 494 g/mol. The molecule has 2 aromatic carbocycles. The molecule has 4 heterocycles. The lowest BCUT2D eigenvalue weighted by Gasteiger charge is -2.35. The van der Waals surface area contributed by atoms with Gasteiger partial charge in [0, 0.05) is 48.7 Å². The van der Waals surface area contributed by atoms with E-state index in [9.17, 15) is 8.42 Å². The number of sulfone groups is 1. The fourth-order valence-corrected chi connectivity index (χ4v) is 5.73. The highest BCUT2D eigenvalue weighted by atomic mass is 35.5. The van der Waals surface area contributed by atoms with E-state index in [2.05, 4.69) is 35.4 Å². The Labute approximate surface area is 202 Å². The van der Waals surface area contributed by atoms with Gasteiger partial charge in [-0.1, -0.05) is 35.9 Å². The largest absolute Gasteiger partial charge is 0.365 e. The number of halogens is 1. The van der Waals surface area contributed by atoms with Gasteiger partial charge in [0.15, 0.2) is 0 Å². The van der Waals surface area contributed by atoms with E-state index in [-0.39, 0.29) is 5.16 Å². The Bertz CT molecular complexity index is 1530. The van der Waals surface area contributed by atoms with Crippen LogP contribution >= 0.6 is 11.6 Å². The first kappa shape index (κ1) is 21.4. The van der Waals surface area contributed by atoms with Crippen LogP contribution in [0.3, 0.4) is 0 Å². The number of rotatable bonds is 3. The SMILES string of the molecule is CS(=O)(=O)c1nc2c(c(N3CCn4cncc4C3)n1)CCN(c1cccc3cccc(Cl)c13)C2. The average molecular weight is 495 g/mol. The predicted molar refractivity (Wildman–Crippen MR) is 132 cm³/mol. The maximum absolute atomic E-state index is 12.5. The quantitative estimate of drug-likeness (QED) is 0.403. The second kappa shape index (κ2) is 7.95. The molecule has 0 saturated heterocycles. The van der Waals surface area contributed by atoms with Crippen molar-refractivity contribution >= 4 is 43.7 Å². The number of hydrogen-bond acceptors (Lipinski definition) is 7. The van der Waals surface area contributed by atoms with Gasteiger partial charge in [-0.25, -0.2) is 23.4 Å². The summed E-state index contributed by atoms with van der Waals surface area (Å²) in [5.41, 5.74) is 3.88. The lowest BCUT2D eigenvalue weighted by molar-refractivity contribution is 0.555. The second-order valence-corrected chi connectivity index (χ2v) is 11.1. The lowest BCUT2D eigenvalue weighted by Crippen LogP contribution is -2.38. The molecule has 0 bridgehead atoms. The highest BCUT2D eigenvalue weighted by molar-refractivity contribution is 7.90. The fourth-order valence-electron chi connectivity index (χ4n) is 4.93. The van der Waals surface area contributed by atoms with Gasteiger partial charge < -0.3 is 14.4 Å². The van der Waals surface area contributed by atoms with Gasteiger partial charge in [-0.3, -0.25) is 0 Å². The highest BCUT2D eigenvalue weighted by Crippen LogP contribution is 2.37. The molecule has 174 valence electrons. The van der Waals surface area contributed by atoms with Crippen LogP contribution in [0.1, 0.15) is 17.0 Å². The maximum Gasteiger partial charge on any atom is 0.249 e. The van der Waals surface area contributed by atoms with Gasteiger partial charge in [0.05, 0.1) is 35.8 Å². The number of fused-ring (bicyclic) bond motifs is 3. The van der Waals surface area contributed by atoms with Crippen LogP contribution < -0.4 is 9.80 Å². The van der Waals surface area contributed by atoms with Crippen molar-refractivity contribution in [1.82, 2.24) is 19.5 Å². The summed E-state index contributed by atoms with van der Waals surface area (Å²) in [5.74, 6) is 0.716. The minimum absolute atomic E-state index is 0.127. The third-order valence-electron chi connectivity index (χ3n) is 6.59.